The van der Waals surface area contributed by atoms with Crippen LogP contribution in [0.3, 0.4) is 0 Å². The van der Waals surface area contributed by atoms with E-state index in [2.05, 4.69) is 4.72 Å². The molecule has 2 aromatic carbocycles. The molecule has 25 heavy (non-hydrogen) atoms. The molecule has 10 heteroatoms. The molecule has 2 rings (SSSR count). The van der Waals surface area contributed by atoms with E-state index in [1.165, 1.54) is 18.2 Å². The molecule has 0 bridgehead atoms. The number of hydrogen-bond donors (Lipinski definition) is 1. The molecular formula is C15H14F3NO4S2. The van der Waals surface area contributed by atoms with E-state index in [0.29, 0.717) is 0 Å². The molecule has 0 aliphatic heterocycles. The van der Waals surface area contributed by atoms with Gasteiger partial charge >= 0.3 is 6.18 Å². The standard InChI is InChI=1S/C15H14F3NO4S2/c1-24(20,21)13-7-2-3-8-14(13)25(22,23)19-10-11-5-4-6-12(9-11)15(16,17)18/h2-9,19H,10H2,1H3. The number of sulfone groups is 1. The highest BCUT2D eigenvalue weighted by atomic mass is 32.2. The first-order valence-corrected chi connectivity index (χ1v) is 10.2. The molecule has 0 atom stereocenters. The normalized spacial score (nSPS) is 13.0. The average molecular weight is 393 g/mol. The lowest BCUT2D eigenvalue weighted by Crippen LogP contribution is -2.25. The number of hydrogen-bond acceptors (Lipinski definition) is 4. The second-order valence-corrected chi connectivity index (χ2v) is 8.96. The Kier molecular flexibility index (Phi) is 5.26. The van der Waals surface area contributed by atoms with E-state index in [1.54, 1.807) is 0 Å². The summed E-state index contributed by atoms with van der Waals surface area (Å²) in [5, 5.41) is 0. The zero-order chi connectivity index (χ0) is 18.9. The van der Waals surface area contributed by atoms with Crippen LogP contribution >= 0.6 is 0 Å². The molecule has 0 aliphatic rings. The van der Waals surface area contributed by atoms with Crippen LogP contribution in [0.1, 0.15) is 11.1 Å². The minimum absolute atomic E-state index is 0.0928. The maximum atomic E-state index is 12.7. The number of halogens is 3. The summed E-state index contributed by atoms with van der Waals surface area (Å²) >= 11 is 0. The molecular weight excluding hydrogens is 379 g/mol. The second-order valence-electron chi connectivity index (χ2n) is 5.24. The highest BCUT2D eigenvalue weighted by Gasteiger charge is 2.30. The van der Waals surface area contributed by atoms with Gasteiger partial charge in [-0.1, -0.05) is 30.3 Å². The Hall–Kier alpha value is -1.91. The van der Waals surface area contributed by atoms with Crippen molar-refractivity contribution in [3.05, 3.63) is 59.7 Å². The van der Waals surface area contributed by atoms with Gasteiger partial charge in [0.15, 0.2) is 9.84 Å². The van der Waals surface area contributed by atoms with Gasteiger partial charge in [-0.25, -0.2) is 21.6 Å². The van der Waals surface area contributed by atoms with Gasteiger partial charge < -0.3 is 0 Å². The third-order valence-corrected chi connectivity index (χ3v) is 6.00. The van der Waals surface area contributed by atoms with Gasteiger partial charge in [-0.2, -0.15) is 13.2 Å². The van der Waals surface area contributed by atoms with Crippen molar-refractivity contribution in [1.29, 1.82) is 0 Å². The fourth-order valence-corrected chi connectivity index (χ4v) is 4.74. The van der Waals surface area contributed by atoms with Crippen molar-refractivity contribution < 1.29 is 30.0 Å². The van der Waals surface area contributed by atoms with Crippen LogP contribution < -0.4 is 4.72 Å². The fraction of sp³-hybridized carbons (Fsp3) is 0.200. The topological polar surface area (TPSA) is 80.3 Å². The molecule has 0 amide bonds. The maximum absolute atomic E-state index is 12.7. The van der Waals surface area contributed by atoms with Gasteiger partial charge in [-0.3, -0.25) is 0 Å². The second kappa shape index (κ2) is 6.77. The first kappa shape index (κ1) is 19.4. The predicted octanol–water partition coefficient (Wildman–Crippen LogP) is 2.59. The fourth-order valence-electron chi connectivity index (χ4n) is 2.09. The first-order chi connectivity index (χ1) is 11.4. The van der Waals surface area contributed by atoms with Crippen molar-refractivity contribution in [3.8, 4) is 0 Å². The van der Waals surface area contributed by atoms with Gasteiger partial charge in [-0.05, 0) is 23.8 Å². The lowest BCUT2D eigenvalue weighted by molar-refractivity contribution is -0.137. The molecule has 0 unspecified atom stereocenters. The Bertz CT molecular complexity index is 984. The van der Waals surface area contributed by atoms with Gasteiger partial charge in [0, 0.05) is 12.8 Å². The zero-order valence-electron chi connectivity index (χ0n) is 12.9. The lowest BCUT2D eigenvalue weighted by Gasteiger charge is -2.12. The third kappa shape index (κ3) is 4.80. The van der Waals surface area contributed by atoms with Crippen molar-refractivity contribution in [2.24, 2.45) is 0 Å². The van der Waals surface area contributed by atoms with E-state index in [9.17, 15) is 30.0 Å². The first-order valence-electron chi connectivity index (χ1n) is 6.86. The summed E-state index contributed by atoms with van der Waals surface area (Å²) in [5.41, 5.74) is -0.809. The summed E-state index contributed by atoms with van der Waals surface area (Å²) in [6.07, 6.45) is -3.67. The summed E-state index contributed by atoms with van der Waals surface area (Å²) in [6, 6.07) is 9.19. The minimum atomic E-state index is -4.54. The van der Waals surface area contributed by atoms with Crippen LogP contribution in [0.15, 0.2) is 58.3 Å². The Morgan fingerprint density at radius 3 is 2.08 bits per heavy atom. The van der Waals surface area contributed by atoms with E-state index in [4.69, 9.17) is 0 Å². The summed E-state index contributed by atoms with van der Waals surface area (Å²) in [5.74, 6) is 0. The molecule has 0 saturated heterocycles. The van der Waals surface area contributed by atoms with E-state index in [1.807, 2.05) is 0 Å². The van der Waals surface area contributed by atoms with Crippen LogP contribution in [0, 0.1) is 0 Å². The molecule has 0 radical (unpaired) electrons. The zero-order valence-corrected chi connectivity index (χ0v) is 14.5. The molecule has 5 nitrogen and oxygen atoms in total. The number of rotatable bonds is 5. The molecule has 0 spiro atoms. The summed E-state index contributed by atoms with van der Waals surface area (Å²) in [6.45, 7) is -0.412. The SMILES string of the molecule is CS(=O)(=O)c1ccccc1S(=O)(=O)NCc1cccc(C(F)(F)F)c1. The number of sulfonamides is 1. The van der Waals surface area contributed by atoms with Crippen molar-refractivity contribution in [1.82, 2.24) is 4.72 Å². The van der Waals surface area contributed by atoms with Crippen LogP contribution in [0.5, 0.6) is 0 Å². The van der Waals surface area contributed by atoms with E-state index in [0.717, 1.165) is 36.6 Å². The third-order valence-electron chi connectivity index (χ3n) is 3.26. The van der Waals surface area contributed by atoms with Crippen molar-refractivity contribution in [3.63, 3.8) is 0 Å². The Morgan fingerprint density at radius 2 is 1.52 bits per heavy atom. The van der Waals surface area contributed by atoms with Crippen LogP contribution in [0.4, 0.5) is 13.2 Å². The summed E-state index contributed by atoms with van der Waals surface area (Å²) in [4.78, 5) is -0.837. The van der Waals surface area contributed by atoms with E-state index in [-0.39, 0.29) is 10.5 Å². The van der Waals surface area contributed by atoms with Gasteiger partial charge in [0.25, 0.3) is 0 Å². The van der Waals surface area contributed by atoms with Crippen molar-refractivity contribution in [2.45, 2.75) is 22.5 Å². The van der Waals surface area contributed by atoms with Crippen LogP contribution in [0.25, 0.3) is 0 Å². The van der Waals surface area contributed by atoms with E-state index >= 15 is 0 Å². The largest absolute Gasteiger partial charge is 0.416 e. The Labute approximate surface area is 143 Å². The van der Waals surface area contributed by atoms with E-state index < -0.39 is 43.0 Å². The Morgan fingerprint density at radius 1 is 0.920 bits per heavy atom. The molecule has 136 valence electrons. The van der Waals surface area contributed by atoms with Gasteiger partial charge in [-0.15, -0.1) is 0 Å². The van der Waals surface area contributed by atoms with Crippen LogP contribution in [0.2, 0.25) is 0 Å². The molecule has 0 aliphatic carbocycles. The Balaban J connectivity index is 2.30. The lowest BCUT2D eigenvalue weighted by atomic mass is 10.1. The number of alkyl halides is 3. The predicted molar refractivity (Wildman–Crippen MR) is 85.0 cm³/mol. The number of nitrogens with one attached hydrogen (secondary N) is 1. The van der Waals surface area contributed by atoms with Crippen molar-refractivity contribution >= 4 is 19.9 Å². The van der Waals surface area contributed by atoms with Crippen molar-refractivity contribution in [2.75, 3.05) is 6.26 Å². The molecule has 0 aromatic heterocycles. The molecule has 2 aromatic rings. The quantitative estimate of drug-likeness (QED) is 0.847. The summed E-state index contributed by atoms with van der Waals surface area (Å²) < 4.78 is 88.3. The maximum Gasteiger partial charge on any atom is 0.416 e. The summed E-state index contributed by atoms with van der Waals surface area (Å²) in [7, 11) is -8.02. The molecule has 0 fully saturated rings. The van der Waals surface area contributed by atoms with Crippen LogP contribution in [-0.4, -0.2) is 23.1 Å². The number of benzene rings is 2. The molecule has 0 heterocycles. The van der Waals surface area contributed by atoms with Gasteiger partial charge in [0.2, 0.25) is 10.0 Å². The highest BCUT2D eigenvalue weighted by molar-refractivity contribution is 7.93. The minimum Gasteiger partial charge on any atom is -0.224 e. The highest BCUT2D eigenvalue weighted by Crippen LogP contribution is 2.29. The molecule has 1 N–H and O–H groups in total. The molecule has 0 saturated carbocycles. The average Bonchev–Trinajstić information content (AvgIpc) is 2.52. The smallest absolute Gasteiger partial charge is 0.224 e. The van der Waals surface area contributed by atoms with Gasteiger partial charge in [0.05, 0.1) is 10.5 Å². The monoisotopic (exact) mass is 393 g/mol. The van der Waals surface area contributed by atoms with Crippen LogP contribution in [-0.2, 0) is 32.6 Å². The van der Waals surface area contributed by atoms with Gasteiger partial charge in [0.1, 0.15) is 4.90 Å².